The zero-order valence-electron chi connectivity index (χ0n) is 8.85. The maximum atomic E-state index is 10.6. The molecule has 0 radical (unpaired) electrons. The lowest BCUT2D eigenvalue weighted by Gasteiger charge is -2.13. The Balaban J connectivity index is 2.46. The van der Waals surface area contributed by atoms with Crippen LogP contribution in [0, 0.1) is 0 Å². The van der Waals surface area contributed by atoms with E-state index in [9.17, 15) is 9.90 Å². The zero-order valence-corrected chi connectivity index (χ0v) is 8.85. The van der Waals surface area contributed by atoms with Gasteiger partial charge >= 0.3 is 5.97 Å². The third kappa shape index (κ3) is 4.13. The van der Waals surface area contributed by atoms with Gasteiger partial charge in [-0.25, -0.2) is 0 Å². The molecule has 0 amide bonds. The van der Waals surface area contributed by atoms with E-state index in [1.54, 1.807) is 0 Å². The average molecular weight is 208 g/mol. The monoisotopic (exact) mass is 208 g/mol. The summed E-state index contributed by atoms with van der Waals surface area (Å²) >= 11 is 0. The van der Waals surface area contributed by atoms with Crippen molar-refractivity contribution in [1.29, 1.82) is 0 Å². The molecule has 0 aromatic heterocycles. The molecular weight excluding hydrogens is 192 g/mol. The minimum Gasteiger partial charge on any atom is -0.466 e. The van der Waals surface area contributed by atoms with Gasteiger partial charge in [-0.2, -0.15) is 0 Å². The molecule has 0 spiro atoms. The molecule has 3 heteroatoms. The number of carbonyl (C=O) groups is 1. The van der Waals surface area contributed by atoms with Crippen LogP contribution in [0.2, 0.25) is 0 Å². The fourth-order valence-corrected chi connectivity index (χ4v) is 1.43. The number of aliphatic hydroxyl groups excluding tert-OH is 1. The van der Waals surface area contributed by atoms with Crippen molar-refractivity contribution < 1.29 is 14.6 Å². The van der Waals surface area contributed by atoms with Crippen molar-refractivity contribution in [3.8, 4) is 0 Å². The predicted molar refractivity (Wildman–Crippen MR) is 57.5 cm³/mol. The SMILES string of the molecule is CC(=O)OCCC(CO)c1ccccc1. The van der Waals surface area contributed by atoms with Crippen LogP contribution >= 0.6 is 0 Å². The van der Waals surface area contributed by atoms with Crippen LogP contribution in [0.15, 0.2) is 30.3 Å². The van der Waals surface area contributed by atoms with Crippen LogP contribution in [-0.2, 0) is 9.53 Å². The van der Waals surface area contributed by atoms with Crippen molar-refractivity contribution in [3.63, 3.8) is 0 Å². The second-order valence-corrected chi connectivity index (χ2v) is 3.42. The van der Waals surface area contributed by atoms with E-state index in [1.165, 1.54) is 6.92 Å². The smallest absolute Gasteiger partial charge is 0.302 e. The van der Waals surface area contributed by atoms with Gasteiger partial charge in [-0.05, 0) is 12.0 Å². The lowest BCUT2D eigenvalue weighted by Crippen LogP contribution is -2.09. The van der Waals surface area contributed by atoms with Gasteiger partial charge in [0.05, 0.1) is 13.2 Å². The van der Waals surface area contributed by atoms with Crippen molar-refractivity contribution in [2.45, 2.75) is 19.3 Å². The maximum absolute atomic E-state index is 10.6. The number of carbonyl (C=O) groups excluding carboxylic acids is 1. The Morgan fingerprint density at radius 2 is 2.07 bits per heavy atom. The number of rotatable bonds is 5. The second-order valence-electron chi connectivity index (χ2n) is 3.42. The highest BCUT2D eigenvalue weighted by atomic mass is 16.5. The van der Waals surface area contributed by atoms with E-state index in [2.05, 4.69) is 0 Å². The normalized spacial score (nSPS) is 12.1. The third-order valence-electron chi connectivity index (χ3n) is 2.26. The molecular formula is C12H16O3. The standard InChI is InChI=1S/C12H16O3/c1-10(14)15-8-7-12(9-13)11-5-3-2-4-6-11/h2-6,12-13H,7-9H2,1H3. The summed E-state index contributed by atoms with van der Waals surface area (Å²) in [5.41, 5.74) is 1.08. The molecule has 1 rings (SSSR count). The molecule has 1 aromatic rings. The number of hydrogen-bond acceptors (Lipinski definition) is 3. The average Bonchev–Trinajstić information content (AvgIpc) is 2.25. The van der Waals surface area contributed by atoms with E-state index >= 15 is 0 Å². The molecule has 0 bridgehead atoms. The van der Waals surface area contributed by atoms with Gasteiger partial charge in [0.25, 0.3) is 0 Å². The number of benzene rings is 1. The fourth-order valence-electron chi connectivity index (χ4n) is 1.43. The third-order valence-corrected chi connectivity index (χ3v) is 2.26. The summed E-state index contributed by atoms with van der Waals surface area (Å²) < 4.78 is 4.85. The number of hydrogen-bond donors (Lipinski definition) is 1. The highest BCUT2D eigenvalue weighted by molar-refractivity contribution is 5.65. The van der Waals surface area contributed by atoms with E-state index in [0.717, 1.165) is 5.56 Å². The molecule has 0 aliphatic carbocycles. The second kappa shape index (κ2) is 6.19. The lowest BCUT2D eigenvalue weighted by molar-refractivity contribution is -0.141. The number of aliphatic hydroxyl groups is 1. The van der Waals surface area contributed by atoms with Crippen LogP contribution in [0.1, 0.15) is 24.8 Å². The molecule has 0 heterocycles. The van der Waals surface area contributed by atoms with Gasteiger partial charge in [0.2, 0.25) is 0 Å². The Labute approximate surface area is 89.7 Å². The van der Waals surface area contributed by atoms with Crippen LogP contribution in [0.3, 0.4) is 0 Å². The van der Waals surface area contributed by atoms with Gasteiger partial charge in [-0.15, -0.1) is 0 Å². The van der Waals surface area contributed by atoms with Crippen molar-refractivity contribution >= 4 is 5.97 Å². The molecule has 0 saturated carbocycles. The first-order valence-corrected chi connectivity index (χ1v) is 5.03. The highest BCUT2D eigenvalue weighted by Crippen LogP contribution is 2.18. The Hall–Kier alpha value is -1.35. The summed E-state index contributed by atoms with van der Waals surface area (Å²) in [7, 11) is 0. The van der Waals surface area contributed by atoms with Crippen molar-refractivity contribution in [1.82, 2.24) is 0 Å². The highest BCUT2D eigenvalue weighted by Gasteiger charge is 2.10. The molecule has 15 heavy (non-hydrogen) atoms. The molecule has 1 unspecified atom stereocenters. The first kappa shape index (κ1) is 11.7. The van der Waals surface area contributed by atoms with E-state index in [-0.39, 0.29) is 18.5 Å². The van der Waals surface area contributed by atoms with Crippen LogP contribution in [0.5, 0.6) is 0 Å². The molecule has 3 nitrogen and oxygen atoms in total. The summed E-state index contributed by atoms with van der Waals surface area (Å²) in [6.07, 6.45) is 0.653. The molecule has 0 aliphatic rings. The van der Waals surface area contributed by atoms with Gasteiger partial charge < -0.3 is 9.84 Å². The summed E-state index contributed by atoms with van der Waals surface area (Å²) in [5.74, 6) is -0.231. The Kier molecular flexibility index (Phi) is 4.84. The number of ether oxygens (including phenoxy) is 1. The van der Waals surface area contributed by atoms with Crippen LogP contribution in [0.25, 0.3) is 0 Å². The van der Waals surface area contributed by atoms with E-state index < -0.39 is 0 Å². The Morgan fingerprint density at radius 3 is 2.60 bits per heavy atom. The van der Waals surface area contributed by atoms with Crippen molar-refractivity contribution in [3.05, 3.63) is 35.9 Å². The van der Waals surface area contributed by atoms with Gasteiger partial charge in [-0.3, -0.25) is 4.79 Å². The summed E-state index contributed by atoms with van der Waals surface area (Å²) in [5, 5.41) is 9.20. The van der Waals surface area contributed by atoms with E-state index in [4.69, 9.17) is 4.74 Å². The minimum atomic E-state index is -0.278. The van der Waals surface area contributed by atoms with Gasteiger partial charge in [-0.1, -0.05) is 30.3 Å². The largest absolute Gasteiger partial charge is 0.466 e. The molecule has 1 aromatic carbocycles. The van der Waals surface area contributed by atoms with Gasteiger partial charge in [0.1, 0.15) is 0 Å². The van der Waals surface area contributed by atoms with Crippen LogP contribution in [-0.4, -0.2) is 24.3 Å². The zero-order chi connectivity index (χ0) is 11.1. The van der Waals surface area contributed by atoms with E-state index in [0.29, 0.717) is 13.0 Å². The minimum absolute atomic E-state index is 0.0468. The maximum Gasteiger partial charge on any atom is 0.302 e. The molecule has 82 valence electrons. The first-order chi connectivity index (χ1) is 7.24. The quantitative estimate of drug-likeness (QED) is 0.749. The summed E-state index contributed by atoms with van der Waals surface area (Å²) in [6, 6.07) is 9.74. The molecule has 0 saturated heterocycles. The molecule has 1 N–H and O–H groups in total. The lowest BCUT2D eigenvalue weighted by atomic mass is 9.97. The summed E-state index contributed by atoms with van der Waals surface area (Å²) in [4.78, 5) is 10.6. The summed E-state index contributed by atoms with van der Waals surface area (Å²) in [6.45, 7) is 1.82. The Morgan fingerprint density at radius 1 is 1.40 bits per heavy atom. The first-order valence-electron chi connectivity index (χ1n) is 5.03. The van der Waals surface area contributed by atoms with Crippen LogP contribution in [0.4, 0.5) is 0 Å². The predicted octanol–water partition coefficient (Wildman–Crippen LogP) is 1.72. The van der Waals surface area contributed by atoms with Crippen molar-refractivity contribution in [2.75, 3.05) is 13.2 Å². The van der Waals surface area contributed by atoms with Gasteiger partial charge in [0, 0.05) is 12.8 Å². The molecule has 0 fully saturated rings. The van der Waals surface area contributed by atoms with Crippen molar-refractivity contribution in [2.24, 2.45) is 0 Å². The van der Waals surface area contributed by atoms with E-state index in [1.807, 2.05) is 30.3 Å². The fraction of sp³-hybridized carbons (Fsp3) is 0.417. The molecule has 1 atom stereocenters. The Bertz CT molecular complexity index is 295. The molecule has 0 aliphatic heterocycles. The van der Waals surface area contributed by atoms with Crippen LogP contribution < -0.4 is 0 Å². The topological polar surface area (TPSA) is 46.5 Å². The number of esters is 1. The van der Waals surface area contributed by atoms with Gasteiger partial charge in [0.15, 0.2) is 0 Å².